The standard InChI is InChI=1S/C16H22ClFN2O3.ClH/c1-22-11-16(4-6-19-7-5-16)10-20-15(21)9-23-12-2-3-14(18)13(17)8-12;/h2-3,8,19H,4-7,9-11H2,1H3,(H,20,21);1H. The molecular weight excluding hydrogens is 358 g/mol. The van der Waals surface area contributed by atoms with Gasteiger partial charge in [-0.25, -0.2) is 4.39 Å². The van der Waals surface area contributed by atoms with Crippen molar-refractivity contribution < 1.29 is 18.7 Å². The number of carbonyl (C=O) groups excluding carboxylic acids is 1. The minimum absolute atomic E-state index is 0. The summed E-state index contributed by atoms with van der Waals surface area (Å²) >= 11 is 5.67. The Hall–Kier alpha value is -1.08. The van der Waals surface area contributed by atoms with Crippen LogP contribution in [-0.2, 0) is 9.53 Å². The van der Waals surface area contributed by atoms with Gasteiger partial charge in [0.2, 0.25) is 0 Å². The highest BCUT2D eigenvalue weighted by atomic mass is 35.5. The molecule has 1 aromatic rings. The summed E-state index contributed by atoms with van der Waals surface area (Å²) in [5, 5.41) is 6.17. The van der Waals surface area contributed by atoms with Crippen LogP contribution in [0.3, 0.4) is 0 Å². The molecule has 0 aliphatic carbocycles. The Kier molecular flexibility index (Phi) is 8.76. The minimum atomic E-state index is -0.518. The van der Waals surface area contributed by atoms with Crippen molar-refractivity contribution in [3.05, 3.63) is 29.0 Å². The van der Waals surface area contributed by atoms with Crippen molar-refractivity contribution in [1.82, 2.24) is 10.6 Å². The molecule has 24 heavy (non-hydrogen) atoms. The van der Waals surface area contributed by atoms with Crippen LogP contribution in [0.5, 0.6) is 5.75 Å². The topological polar surface area (TPSA) is 59.6 Å². The second-order valence-corrected chi connectivity index (χ2v) is 6.23. The molecule has 1 heterocycles. The van der Waals surface area contributed by atoms with Gasteiger partial charge in [-0.3, -0.25) is 4.79 Å². The first-order valence-electron chi connectivity index (χ1n) is 7.59. The Morgan fingerprint density at radius 3 is 2.75 bits per heavy atom. The number of halogens is 3. The number of rotatable bonds is 7. The Bertz CT molecular complexity index is 535. The van der Waals surface area contributed by atoms with E-state index in [0.29, 0.717) is 18.9 Å². The molecule has 1 saturated heterocycles. The van der Waals surface area contributed by atoms with Crippen molar-refractivity contribution in [2.24, 2.45) is 5.41 Å². The van der Waals surface area contributed by atoms with E-state index in [-0.39, 0.29) is 35.4 Å². The second kappa shape index (κ2) is 10.0. The van der Waals surface area contributed by atoms with Crippen LogP contribution in [0.25, 0.3) is 0 Å². The maximum absolute atomic E-state index is 13.1. The lowest BCUT2D eigenvalue weighted by atomic mass is 9.79. The number of hydrogen-bond acceptors (Lipinski definition) is 4. The summed E-state index contributed by atoms with van der Waals surface area (Å²) in [7, 11) is 1.67. The lowest BCUT2D eigenvalue weighted by Crippen LogP contribution is -2.47. The van der Waals surface area contributed by atoms with Gasteiger partial charge in [0.25, 0.3) is 5.91 Å². The van der Waals surface area contributed by atoms with Gasteiger partial charge in [0.15, 0.2) is 6.61 Å². The van der Waals surface area contributed by atoms with Crippen molar-refractivity contribution in [3.8, 4) is 5.75 Å². The van der Waals surface area contributed by atoms with Crippen LogP contribution in [0.4, 0.5) is 4.39 Å². The quantitative estimate of drug-likeness (QED) is 0.762. The van der Waals surface area contributed by atoms with Gasteiger partial charge in [-0.1, -0.05) is 11.6 Å². The highest BCUT2D eigenvalue weighted by Crippen LogP contribution is 2.28. The van der Waals surface area contributed by atoms with Gasteiger partial charge in [-0.2, -0.15) is 0 Å². The Morgan fingerprint density at radius 1 is 1.42 bits per heavy atom. The Balaban J connectivity index is 0.00000288. The summed E-state index contributed by atoms with van der Waals surface area (Å²) < 4.78 is 23.7. The van der Waals surface area contributed by atoms with Gasteiger partial charge in [-0.05, 0) is 38.1 Å². The molecular formula is C16H23Cl2FN2O3. The fourth-order valence-corrected chi connectivity index (χ4v) is 2.86. The van der Waals surface area contributed by atoms with E-state index in [4.69, 9.17) is 21.1 Å². The van der Waals surface area contributed by atoms with Crippen molar-refractivity contribution in [2.75, 3.05) is 40.0 Å². The number of piperidine rings is 1. The van der Waals surface area contributed by atoms with Crippen molar-refractivity contribution in [2.45, 2.75) is 12.8 Å². The molecule has 0 spiro atoms. The fourth-order valence-electron chi connectivity index (χ4n) is 2.69. The lowest BCUT2D eigenvalue weighted by molar-refractivity contribution is -0.124. The summed E-state index contributed by atoms with van der Waals surface area (Å²) in [4.78, 5) is 12.0. The van der Waals surface area contributed by atoms with Gasteiger partial charge in [0, 0.05) is 25.1 Å². The fraction of sp³-hybridized carbons (Fsp3) is 0.562. The molecule has 0 bridgehead atoms. The van der Waals surface area contributed by atoms with Crippen LogP contribution in [0.2, 0.25) is 5.02 Å². The van der Waals surface area contributed by atoms with Gasteiger partial charge < -0.3 is 20.1 Å². The summed E-state index contributed by atoms with van der Waals surface area (Å²) in [6.45, 7) is 2.87. The summed E-state index contributed by atoms with van der Waals surface area (Å²) in [6.07, 6.45) is 1.91. The summed E-state index contributed by atoms with van der Waals surface area (Å²) in [6, 6.07) is 4.00. The molecule has 0 saturated carbocycles. The van der Waals surface area contributed by atoms with Crippen LogP contribution in [0.1, 0.15) is 12.8 Å². The van der Waals surface area contributed by atoms with Crippen LogP contribution in [0.15, 0.2) is 18.2 Å². The smallest absolute Gasteiger partial charge is 0.257 e. The van der Waals surface area contributed by atoms with Crippen molar-refractivity contribution in [1.29, 1.82) is 0 Å². The largest absolute Gasteiger partial charge is 0.484 e. The number of carbonyl (C=O) groups is 1. The maximum atomic E-state index is 13.1. The molecule has 136 valence electrons. The molecule has 1 aliphatic heterocycles. The van der Waals surface area contributed by atoms with Crippen molar-refractivity contribution in [3.63, 3.8) is 0 Å². The molecule has 0 unspecified atom stereocenters. The number of nitrogens with one attached hydrogen (secondary N) is 2. The average molecular weight is 381 g/mol. The lowest BCUT2D eigenvalue weighted by Gasteiger charge is -2.37. The van der Waals surface area contributed by atoms with Crippen molar-refractivity contribution >= 4 is 29.9 Å². The molecule has 8 heteroatoms. The van der Waals surface area contributed by atoms with E-state index in [1.165, 1.54) is 18.2 Å². The molecule has 1 amide bonds. The zero-order valence-electron chi connectivity index (χ0n) is 13.6. The average Bonchev–Trinajstić information content (AvgIpc) is 2.55. The minimum Gasteiger partial charge on any atom is -0.484 e. The van der Waals surface area contributed by atoms with E-state index in [9.17, 15) is 9.18 Å². The molecule has 2 N–H and O–H groups in total. The molecule has 5 nitrogen and oxygen atoms in total. The highest BCUT2D eigenvalue weighted by molar-refractivity contribution is 6.30. The Labute approximate surface area is 152 Å². The summed E-state index contributed by atoms with van der Waals surface area (Å²) in [5.41, 5.74) is -0.0329. The number of amides is 1. The first-order valence-corrected chi connectivity index (χ1v) is 7.97. The monoisotopic (exact) mass is 380 g/mol. The summed E-state index contributed by atoms with van der Waals surface area (Å²) in [5.74, 6) is -0.379. The second-order valence-electron chi connectivity index (χ2n) is 5.82. The molecule has 1 aliphatic rings. The molecule has 2 rings (SSSR count). The SMILES string of the molecule is COCC1(CNC(=O)COc2ccc(F)c(Cl)c2)CCNCC1.Cl. The Morgan fingerprint density at radius 2 is 2.12 bits per heavy atom. The molecule has 0 atom stereocenters. The molecule has 1 fully saturated rings. The van der Waals surface area contributed by atoms with E-state index in [1.54, 1.807) is 7.11 Å². The van der Waals surface area contributed by atoms with Gasteiger partial charge >= 0.3 is 0 Å². The number of methoxy groups -OCH3 is 1. The molecule has 0 aromatic heterocycles. The van der Waals surface area contributed by atoms with E-state index in [0.717, 1.165) is 25.9 Å². The number of hydrogen-bond donors (Lipinski definition) is 2. The van der Waals surface area contributed by atoms with Gasteiger partial charge in [-0.15, -0.1) is 12.4 Å². The normalized spacial score (nSPS) is 16.1. The van der Waals surface area contributed by atoms with E-state index >= 15 is 0 Å². The third-order valence-corrected chi connectivity index (χ3v) is 4.33. The van der Waals surface area contributed by atoms with Gasteiger partial charge in [0.1, 0.15) is 11.6 Å². The highest BCUT2D eigenvalue weighted by Gasteiger charge is 2.32. The van der Waals surface area contributed by atoms with E-state index in [2.05, 4.69) is 10.6 Å². The third-order valence-electron chi connectivity index (χ3n) is 4.04. The first-order chi connectivity index (χ1) is 11.0. The number of benzene rings is 1. The van der Waals surface area contributed by atoms with Crippen LogP contribution < -0.4 is 15.4 Å². The van der Waals surface area contributed by atoms with Crippen LogP contribution >= 0.6 is 24.0 Å². The zero-order valence-corrected chi connectivity index (χ0v) is 15.1. The van der Waals surface area contributed by atoms with Gasteiger partial charge in [0.05, 0.1) is 11.6 Å². The predicted molar refractivity (Wildman–Crippen MR) is 93.6 cm³/mol. The number of ether oxygens (including phenoxy) is 2. The first kappa shape index (κ1) is 21.0. The van der Waals surface area contributed by atoms with E-state index in [1.807, 2.05) is 0 Å². The third kappa shape index (κ3) is 6.09. The van der Waals surface area contributed by atoms with Crippen LogP contribution in [-0.4, -0.2) is 45.9 Å². The van der Waals surface area contributed by atoms with Crippen LogP contribution in [0, 0.1) is 11.2 Å². The van der Waals surface area contributed by atoms with E-state index < -0.39 is 5.82 Å². The molecule has 0 radical (unpaired) electrons. The molecule has 1 aromatic carbocycles. The maximum Gasteiger partial charge on any atom is 0.257 e. The zero-order chi connectivity index (χ0) is 16.7. The predicted octanol–water partition coefficient (Wildman–Crippen LogP) is 2.41.